The van der Waals surface area contributed by atoms with Gasteiger partial charge in [0.15, 0.2) is 0 Å². The fourth-order valence-corrected chi connectivity index (χ4v) is 2.85. The second kappa shape index (κ2) is 8.55. The summed E-state index contributed by atoms with van der Waals surface area (Å²) in [5.74, 6) is 0.146. The SMILES string of the molecule is CCOc1ccc(C(=O)NCC(=O)NCc2ccc(Cl)s2)cc1. The van der Waals surface area contributed by atoms with Gasteiger partial charge < -0.3 is 15.4 Å². The van der Waals surface area contributed by atoms with E-state index in [9.17, 15) is 9.59 Å². The monoisotopic (exact) mass is 352 g/mol. The summed E-state index contributed by atoms with van der Waals surface area (Å²) in [5.41, 5.74) is 0.478. The minimum atomic E-state index is -0.303. The van der Waals surface area contributed by atoms with E-state index in [0.29, 0.717) is 28.8 Å². The van der Waals surface area contributed by atoms with E-state index < -0.39 is 0 Å². The van der Waals surface area contributed by atoms with Crippen LogP contribution in [0.3, 0.4) is 0 Å². The van der Waals surface area contributed by atoms with Gasteiger partial charge in [-0.3, -0.25) is 9.59 Å². The molecule has 0 radical (unpaired) electrons. The third-order valence-electron chi connectivity index (χ3n) is 2.93. The van der Waals surface area contributed by atoms with Crippen LogP contribution >= 0.6 is 22.9 Å². The lowest BCUT2D eigenvalue weighted by atomic mass is 10.2. The summed E-state index contributed by atoms with van der Waals surface area (Å²) in [7, 11) is 0. The van der Waals surface area contributed by atoms with Crippen molar-refractivity contribution in [3.05, 3.63) is 51.2 Å². The van der Waals surface area contributed by atoms with Crippen molar-refractivity contribution in [3.63, 3.8) is 0 Å². The second-order valence-electron chi connectivity index (χ2n) is 4.62. The van der Waals surface area contributed by atoms with Crippen LogP contribution in [0, 0.1) is 0 Å². The van der Waals surface area contributed by atoms with Crippen molar-refractivity contribution >= 4 is 34.8 Å². The highest BCUT2D eigenvalue weighted by molar-refractivity contribution is 7.16. The number of thiophene rings is 1. The van der Waals surface area contributed by atoms with Crippen LogP contribution in [0.4, 0.5) is 0 Å². The van der Waals surface area contributed by atoms with Gasteiger partial charge in [0.05, 0.1) is 24.0 Å². The molecule has 0 saturated heterocycles. The first kappa shape index (κ1) is 17.3. The van der Waals surface area contributed by atoms with Crippen molar-refractivity contribution in [2.24, 2.45) is 0 Å². The fraction of sp³-hybridized carbons (Fsp3) is 0.250. The predicted octanol–water partition coefficient (Wildman–Crippen LogP) is 2.85. The lowest BCUT2D eigenvalue weighted by molar-refractivity contribution is -0.120. The molecule has 5 nitrogen and oxygen atoms in total. The Bertz CT molecular complexity index is 670. The van der Waals surface area contributed by atoms with Crippen LogP contribution < -0.4 is 15.4 Å². The zero-order valence-corrected chi connectivity index (χ0v) is 14.2. The van der Waals surface area contributed by atoms with Gasteiger partial charge in [-0.1, -0.05) is 11.6 Å². The average Bonchev–Trinajstić information content (AvgIpc) is 2.97. The Morgan fingerprint density at radius 3 is 2.48 bits per heavy atom. The maximum Gasteiger partial charge on any atom is 0.251 e. The van der Waals surface area contributed by atoms with Gasteiger partial charge in [0.2, 0.25) is 5.91 Å². The summed E-state index contributed by atoms with van der Waals surface area (Å²) in [6, 6.07) is 10.4. The topological polar surface area (TPSA) is 67.4 Å². The molecule has 122 valence electrons. The molecule has 2 N–H and O–H groups in total. The Balaban J connectivity index is 1.75. The first-order valence-corrected chi connectivity index (χ1v) is 8.30. The van der Waals surface area contributed by atoms with Gasteiger partial charge in [0.25, 0.3) is 5.91 Å². The van der Waals surface area contributed by atoms with Crippen molar-refractivity contribution in [2.45, 2.75) is 13.5 Å². The number of ether oxygens (including phenoxy) is 1. The molecule has 23 heavy (non-hydrogen) atoms. The third-order valence-corrected chi connectivity index (χ3v) is 4.16. The van der Waals surface area contributed by atoms with Gasteiger partial charge in [-0.05, 0) is 43.3 Å². The summed E-state index contributed by atoms with van der Waals surface area (Å²) in [6.45, 7) is 2.78. The maximum absolute atomic E-state index is 11.9. The van der Waals surface area contributed by atoms with Crippen LogP contribution in [0.15, 0.2) is 36.4 Å². The number of benzene rings is 1. The molecule has 1 aromatic carbocycles. The molecule has 7 heteroatoms. The predicted molar refractivity (Wildman–Crippen MR) is 91.1 cm³/mol. The van der Waals surface area contributed by atoms with Gasteiger partial charge >= 0.3 is 0 Å². The molecular formula is C16H17ClN2O3S. The van der Waals surface area contributed by atoms with Gasteiger partial charge in [-0.2, -0.15) is 0 Å². The summed E-state index contributed by atoms with van der Waals surface area (Å²) >= 11 is 7.22. The van der Waals surface area contributed by atoms with Gasteiger partial charge in [-0.15, -0.1) is 11.3 Å². The van der Waals surface area contributed by atoms with Crippen LogP contribution in [-0.2, 0) is 11.3 Å². The lowest BCUT2D eigenvalue weighted by Crippen LogP contribution is -2.36. The molecule has 0 atom stereocenters. The van der Waals surface area contributed by atoms with E-state index in [0.717, 1.165) is 4.88 Å². The van der Waals surface area contributed by atoms with E-state index >= 15 is 0 Å². The van der Waals surface area contributed by atoms with Crippen LogP contribution in [0.5, 0.6) is 5.75 Å². The van der Waals surface area contributed by atoms with E-state index in [1.807, 2.05) is 13.0 Å². The van der Waals surface area contributed by atoms with E-state index in [1.165, 1.54) is 11.3 Å². The summed E-state index contributed by atoms with van der Waals surface area (Å²) in [5, 5.41) is 5.30. The molecular weight excluding hydrogens is 336 g/mol. The zero-order chi connectivity index (χ0) is 16.7. The van der Waals surface area contributed by atoms with Crippen LogP contribution in [0.2, 0.25) is 4.34 Å². The summed E-state index contributed by atoms with van der Waals surface area (Å²) < 4.78 is 5.99. The van der Waals surface area contributed by atoms with E-state index in [1.54, 1.807) is 30.3 Å². The minimum Gasteiger partial charge on any atom is -0.494 e. The van der Waals surface area contributed by atoms with Crippen LogP contribution in [0.25, 0.3) is 0 Å². The van der Waals surface area contributed by atoms with Crippen molar-refractivity contribution < 1.29 is 14.3 Å². The number of amides is 2. The number of rotatable bonds is 7. The highest BCUT2D eigenvalue weighted by Crippen LogP contribution is 2.20. The molecule has 0 aliphatic carbocycles. The number of hydrogen-bond donors (Lipinski definition) is 2. The maximum atomic E-state index is 11.9. The Kier molecular flexibility index (Phi) is 6.43. The standard InChI is InChI=1S/C16H17ClN2O3S/c1-2-22-12-5-3-11(4-6-12)16(21)19-10-15(20)18-9-13-7-8-14(17)23-13/h3-8H,2,9-10H2,1H3,(H,18,20)(H,19,21). The van der Waals surface area contributed by atoms with Crippen LogP contribution in [0.1, 0.15) is 22.2 Å². The minimum absolute atomic E-state index is 0.0782. The summed E-state index contributed by atoms with van der Waals surface area (Å²) in [6.07, 6.45) is 0. The highest BCUT2D eigenvalue weighted by Gasteiger charge is 2.08. The molecule has 2 rings (SSSR count). The molecule has 2 aromatic rings. The van der Waals surface area contributed by atoms with Crippen molar-refractivity contribution in [2.75, 3.05) is 13.2 Å². The molecule has 1 aromatic heterocycles. The number of carbonyl (C=O) groups is 2. The number of hydrogen-bond acceptors (Lipinski definition) is 4. The molecule has 0 saturated carbocycles. The molecule has 0 aliphatic heterocycles. The summed E-state index contributed by atoms with van der Waals surface area (Å²) in [4.78, 5) is 24.6. The Hall–Kier alpha value is -2.05. The highest BCUT2D eigenvalue weighted by atomic mass is 35.5. The normalized spacial score (nSPS) is 10.2. The number of nitrogens with one attached hydrogen (secondary N) is 2. The van der Waals surface area contributed by atoms with E-state index in [-0.39, 0.29) is 18.4 Å². The van der Waals surface area contributed by atoms with Crippen molar-refractivity contribution in [3.8, 4) is 5.75 Å². The average molecular weight is 353 g/mol. The van der Waals surface area contributed by atoms with E-state index in [2.05, 4.69) is 10.6 Å². The van der Waals surface area contributed by atoms with Gasteiger partial charge in [0, 0.05) is 10.4 Å². The first-order valence-electron chi connectivity index (χ1n) is 7.10. The van der Waals surface area contributed by atoms with Crippen molar-refractivity contribution in [1.29, 1.82) is 0 Å². The largest absolute Gasteiger partial charge is 0.494 e. The fourth-order valence-electron chi connectivity index (χ4n) is 1.83. The number of carbonyl (C=O) groups excluding carboxylic acids is 2. The quantitative estimate of drug-likeness (QED) is 0.805. The Labute approximate surface area is 143 Å². The van der Waals surface area contributed by atoms with Gasteiger partial charge in [-0.25, -0.2) is 0 Å². The first-order chi connectivity index (χ1) is 11.1. The second-order valence-corrected chi connectivity index (χ2v) is 6.42. The molecule has 0 unspecified atom stereocenters. The Morgan fingerprint density at radius 2 is 1.87 bits per heavy atom. The molecule has 2 amide bonds. The molecule has 1 heterocycles. The zero-order valence-electron chi connectivity index (χ0n) is 12.6. The van der Waals surface area contributed by atoms with Gasteiger partial charge in [0.1, 0.15) is 5.75 Å². The molecule has 0 aliphatic rings. The smallest absolute Gasteiger partial charge is 0.251 e. The number of halogens is 1. The van der Waals surface area contributed by atoms with Crippen molar-refractivity contribution in [1.82, 2.24) is 10.6 Å². The molecule has 0 bridgehead atoms. The Morgan fingerprint density at radius 1 is 1.13 bits per heavy atom. The van der Waals surface area contributed by atoms with Crippen LogP contribution in [-0.4, -0.2) is 25.0 Å². The third kappa shape index (κ3) is 5.58. The lowest BCUT2D eigenvalue weighted by Gasteiger charge is -2.07. The van der Waals surface area contributed by atoms with E-state index in [4.69, 9.17) is 16.3 Å². The molecule has 0 fully saturated rings. The molecule has 0 spiro atoms.